The SMILES string of the molecule is Cc1noc(C)c1-c1c(C(O)C(C)(C)N)c2ccccc2n1C. The average Bonchev–Trinajstić information content (AvgIpc) is 2.95. The fourth-order valence-corrected chi connectivity index (χ4v) is 3.19. The molecule has 2 aromatic heterocycles. The van der Waals surface area contributed by atoms with E-state index >= 15 is 0 Å². The molecule has 5 nitrogen and oxygen atoms in total. The van der Waals surface area contributed by atoms with Crippen molar-refractivity contribution in [3.8, 4) is 11.3 Å². The van der Waals surface area contributed by atoms with Crippen LogP contribution in [0.25, 0.3) is 22.2 Å². The smallest absolute Gasteiger partial charge is 0.143 e. The Bertz CT molecular complexity index is 849. The number of nitrogens with zero attached hydrogens (tertiary/aromatic N) is 2. The van der Waals surface area contributed by atoms with Gasteiger partial charge in [0.25, 0.3) is 0 Å². The van der Waals surface area contributed by atoms with Gasteiger partial charge < -0.3 is 19.9 Å². The second-order valence-electron chi connectivity index (χ2n) is 6.76. The summed E-state index contributed by atoms with van der Waals surface area (Å²) in [7, 11) is 1.99. The van der Waals surface area contributed by atoms with Crippen LogP contribution in [-0.2, 0) is 7.05 Å². The Balaban J connectivity index is 2.44. The Hall–Kier alpha value is -2.11. The summed E-state index contributed by atoms with van der Waals surface area (Å²) < 4.78 is 7.42. The van der Waals surface area contributed by atoms with Gasteiger partial charge >= 0.3 is 0 Å². The molecule has 3 N–H and O–H groups in total. The van der Waals surface area contributed by atoms with Crippen LogP contribution in [0.1, 0.15) is 37.0 Å². The molecule has 0 spiro atoms. The summed E-state index contributed by atoms with van der Waals surface area (Å²) in [5.74, 6) is 0.733. The zero-order valence-corrected chi connectivity index (χ0v) is 14.2. The van der Waals surface area contributed by atoms with E-state index in [-0.39, 0.29) is 0 Å². The van der Waals surface area contributed by atoms with Crippen molar-refractivity contribution in [1.29, 1.82) is 0 Å². The number of hydrogen-bond acceptors (Lipinski definition) is 4. The maximum Gasteiger partial charge on any atom is 0.143 e. The molecule has 23 heavy (non-hydrogen) atoms. The first kappa shape index (κ1) is 15.8. The molecule has 0 fully saturated rings. The lowest BCUT2D eigenvalue weighted by atomic mass is 9.88. The van der Waals surface area contributed by atoms with Crippen LogP contribution >= 0.6 is 0 Å². The lowest BCUT2D eigenvalue weighted by Gasteiger charge is -2.27. The average molecular weight is 313 g/mol. The maximum absolute atomic E-state index is 10.9. The Morgan fingerprint density at radius 3 is 2.48 bits per heavy atom. The first-order valence-corrected chi connectivity index (χ1v) is 7.71. The molecule has 0 saturated heterocycles. The largest absolute Gasteiger partial charge is 0.386 e. The van der Waals surface area contributed by atoms with Crippen LogP contribution in [0.15, 0.2) is 28.8 Å². The molecule has 0 amide bonds. The van der Waals surface area contributed by atoms with Crippen molar-refractivity contribution in [2.24, 2.45) is 12.8 Å². The molecule has 3 aromatic rings. The lowest BCUT2D eigenvalue weighted by molar-refractivity contribution is 0.106. The van der Waals surface area contributed by atoms with Crippen molar-refractivity contribution < 1.29 is 9.63 Å². The number of aliphatic hydroxyl groups excluding tert-OH is 1. The molecule has 3 rings (SSSR count). The van der Waals surface area contributed by atoms with Crippen molar-refractivity contribution in [3.05, 3.63) is 41.3 Å². The highest BCUT2D eigenvalue weighted by molar-refractivity contribution is 5.93. The number of aliphatic hydroxyl groups is 1. The summed E-state index contributed by atoms with van der Waals surface area (Å²) in [5, 5.41) is 16.0. The van der Waals surface area contributed by atoms with Gasteiger partial charge in [-0.25, -0.2) is 0 Å². The highest BCUT2D eigenvalue weighted by Gasteiger charge is 2.32. The van der Waals surface area contributed by atoms with Gasteiger partial charge in [-0.05, 0) is 33.8 Å². The van der Waals surface area contributed by atoms with E-state index in [0.717, 1.165) is 39.2 Å². The predicted octanol–water partition coefficient (Wildman–Crippen LogP) is 3.22. The fourth-order valence-electron chi connectivity index (χ4n) is 3.19. The summed E-state index contributed by atoms with van der Waals surface area (Å²) in [5.41, 5.74) is 9.94. The molecular formula is C18H23N3O2. The molecule has 0 aliphatic rings. The molecule has 0 aliphatic carbocycles. The van der Waals surface area contributed by atoms with Gasteiger partial charge in [0.2, 0.25) is 0 Å². The number of para-hydroxylation sites is 1. The van der Waals surface area contributed by atoms with Crippen molar-refractivity contribution >= 4 is 10.9 Å². The minimum atomic E-state index is -0.808. The monoisotopic (exact) mass is 313 g/mol. The molecule has 1 unspecified atom stereocenters. The Morgan fingerprint density at radius 1 is 1.26 bits per heavy atom. The number of rotatable bonds is 3. The summed E-state index contributed by atoms with van der Waals surface area (Å²) in [4.78, 5) is 0. The highest BCUT2D eigenvalue weighted by atomic mass is 16.5. The third-order valence-electron chi connectivity index (χ3n) is 4.39. The normalized spacial score (nSPS) is 13.7. The molecule has 1 atom stereocenters. The number of benzene rings is 1. The van der Waals surface area contributed by atoms with Crippen molar-refractivity contribution in [2.45, 2.75) is 39.3 Å². The second-order valence-corrected chi connectivity index (χ2v) is 6.76. The van der Waals surface area contributed by atoms with Crippen LogP contribution in [-0.4, -0.2) is 20.4 Å². The zero-order valence-electron chi connectivity index (χ0n) is 14.2. The van der Waals surface area contributed by atoms with Crippen molar-refractivity contribution in [1.82, 2.24) is 9.72 Å². The van der Waals surface area contributed by atoms with E-state index in [1.807, 2.05) is 59.0 Å². The molecule has 5 heteroatoms. The van der Waals surface area contributed by atoms with Gasteiger partial charge in [0.1, 0.15) is 5.76 Å². The number of aryl methyl sites for hydroxylation is 3. The van der Waals surface area contributed by atoms with E-state index in [2.05, 4.69) is 9.72 Å². The molecule has 0 bridgehead atoms. The Morgan fingerprint density at radius 2 is 1.91 bits per heavy atom. The van der Waals surface area contributed by atoms with Crippen LogP contribution in [0, 0.1) is 13.8 Å². The first-order chi connectivity index (χ1) is 10.7. The van der Waals surface area contributed by atoms with Crippen molar-refractivity contribution in [2.75, 3.05) is 0 Å². The third kappa shape index (κ3) is 2.36. The van der Waals surface area contributed by atoms with Gasteiger partial charge in [-0.2, -0.15) is 0 Å². The second kappa shape index (κ2) is 5.22. The number of hydrogen-bond donors (Lipinski definition) is 2. The zero-order chi connectivity index (χ0) is 16.9. The Kier molecular flexibility index (Phi) is 3.58. The molecule has 0 radical (unpaired) electrons. The summed E-state index contributed by atoms with van der Waals surface area (Å²) in [6.45, 7) is 7.46. The van der Waals surface area contributed by atoms with Gasteiger partial charge in [0.15, 0.2) is 0 Å². The van der Waals surface area contributed by atoms with Gasteiger partial charge in [-0.3, -0.25) is 0 Å². The van der Waals surface area contributed by atoms with Gasteiger partial charge in [-0.15, -0.1) is 0 Å². The molecule has 0 saturated carbocycles. The van der Waals surface area contributed by atoms with Crippen LogP contribution in [0.3, 0.4) is 0 Å². The minimum absolute atomic E-state index is 0.733. The molecule has 0 aliphatic heterocycles. The van der Waals surface area contributed by atoms with E-state index in [1.165, 1.54) is 0 Å². The summed E-state index contributed by atoms with van der Waals surface area (Å²) >= 11 is 0. The third-order valence-corrected chi connectivity index (χ3v) is 4.39. The fraction of sp³-hybridized carbons (Fsp3) is 0.389. The quantitative estimate of drug-likeness (QED) is 0.778. The molecule has 1 aromatic carbocycles. The van der Waals surface area contributed by atoms with E-state index in [4.69, 9.17) is 10.3 Å². The van der Waals surface area contributed by atoms with E-state index in [9.17, 15) is 5.11 Å². The van der Waals surface area contributed by atoms with E-state index < -0.39 is 11.6 Å². The van der Waals surface area contributed by atoms with Gasteiger partial charge in [0, 0.05) is 29.1 Å². The summed E-state index contributed by atoms with van der Waals surface area (Å²) in [6.07, 6.45) is -0.808. The molecular weight excluding hydrogens is 290 g/mol. The predicted molar refractivity (Wildman–Crippen MR) is 91.1 cm³/mol. The van der Waals surface area contributed by atoms with Gasteiger partial charge in [-0.1, -0.05) is 23.4 Å². The topological polar surface area (TPSA) is 77.2 Å². The first-order valence-electron chi connectivity index (χ1n) is 7.71. The lowest BCUT2D eigenvalue weighted by Crippen LogP contribution is -2.39. The highest BCUT2D eigenvalue weighted by Crippen LogP contribution is 2.41. The van der Waals surface area contributed by atoms with Crippen LogP contribution in [0.5, 0.6) is 0 Å². The van der Waals surface area contributed by atoms with E-state index in [0.29, 0.717) is 0 Å². The number of nitrogens with two attached hydrogens (primary N) is 1. The Labute approximate surface area is 135 Å². The van der Waals surface area contributed by atoms with E-state index in [1.54, 1.807) is 0 Å². The standard InChI is InChI=1S/C18H23N3O2/c1-10-14(11(2)23-20-10)16-15(17(22)18(3,4)19)12-8-6-7-9-13(12)21(16)5/h6-9,17,22H,19H2,1-5H3. The molecule has 122 valence electrons. The van der Waals surface area contributed by atoms with Gasteiger partial charge in [0.05, 0.1) is 23.1 Å². The van der Waals surface area contributed by atoms with Crippen molar-refractivity contribution in [3.63, 3.8) is 0 Å². The number of fused-ring (bicyclic) bond motifs is 1. The maximum atomic E-state index is 10.9. The minimum Gasteiger partial charge on any atom is -0.386 e. The summed E-state index contributed by atoms with van der Waals surface area (Å²) in [6, 6.07) is 8.01. The van der Waals surface area contributed by atoms with Crippen LogP contribution in [0.2, 0.25) is 0 Å². The van der Waals surface area contributed by atoms with Crippen LogP contribution in [0.4, 0.5) is 0 Å². The van der Waals surface area contributed by atoms with Crippen LogP contribution < -0.4 is 5.73 Å². The number of aromatic nitrogens is 2. The molecule has 2 heterocycles.